The average Bonchev–Trinajstić information content (AvgIpc) is 2.37. The van der Waals surface area contributed by atoms with Crippen LogP contribution < -0.4 is 5.32 Å². The van der Waals surface area contributed by atoms with Crippen LogP contribution in [-0.2, 0) is 0 Å². The first-order valence-corrected chi connectivity index (χ1v) is 7.56. The fourth-order valence-corrected chi connectivity index (χ4v) is 2.14. The number of likely N-dealkylation sites (N-methyl/N-ethyl adjacent to an activating group) is 1. The molecule has 2 nitrogen and oxygen atoms in total. The molecule has 0 aliphatic heterocycles. The second kappa shape index (κ2) is 9.90. The molecule has 0 amide bonds. The van der Waals surface area contributed by atoms with Gasteiger partial charge in [0.2, 0.25) is 0 Å². The van der Waals surface area contributed by atoms with E-state index in [1.807, 2.05) is 0 Å². The van der Waals surface area contributed by atoms with Crippen LogP contribution in [0.3, 0.4) is 0 Å². The molecule has 0 aromatic carbocycles. The zero-order chi connectivity index (χ0) is 13.3. The Labute approximate surface area is 109 Å². The first kappa shape index (κ1) is 16.9. The molecule has 1 N–H and O–H groups in total. The maximum Gasteiger partial charge on any atom is 0.0192 e. The summed E-state index contributed by atoms with van der Waals surface area (Å²) in [7, 11) is 0. The summed E-state index contributed by atoms with van der Waals surface area (Å²) in [5.74, 6) is 0.862. The van der Waals surface area contributed by atoms with E-state index in [1.165, 1.54) is 32.4 Å². The van der Waals surface area contributed by atoms with Gasteiger partial charge < -0.3 is 5.32 Å². The van der Waals surface area contributed by atoms with Gasteiger partial charge in [0, 0.05) is 25.2 Å². The molecule has 0 aromatic rings. The normalized spacial score (nSPS) is 15.5. The molecule has 0 aliphatic rings. The highest BCUT2D eigenvalue weighted by atomic mass is 15.2. The molecule has 17 heavy (non-hydrogen) atoms. The molecular weight excluding hydrogens is 208 g/mol. The molecule has 0 aliphatic carbocycles. The summed E-state index contributed by atoms with van der Waals surface area (Å²) in [6.07, 6.45) is 3.82. The maximum absolute atomic E-state index is 3.61. The SMILES string of the molecule is CCC(CC)CN(CC)C(C)CNC(C)CC. The molecule has 104 valence electrons. The molecule has 0 heterocycles. The fourth-order valence-electron chi connectivity index (χ4n) is 2.14. The third-order valence-corrected chi connectivity index (χ3v) is 4.05. The largest absolute Gasteiger partial charge is 0.313 e. The van der Waals surface area contributed by atoms with Crippen LogP contribution in [0.5, 0.6) is 0 Å². The third-order valence-electron chi connectivity index (χ3n) is 4.05. The van der Waals surface area contributed by atoms with Crippen molar-refractivity contribution in [3.63, 3.8) is 0 Å². The van der Waals surface area contributed by atoms with Crippen molar-refractivity contribution in [1.29, 1.82) is 0 Å². The van der Waals surface area contributed by atoms with Gasteiger partial charge in [-0.15, -0.1) is 0 Å². The van der Waals surface area contributed by atoms with E-state index in [4.69, 9.17) is 0 Å². The Balaban J connectivity index is 4.06. The van der Waals surface area contributed by atoms with Gasteiger partial charge in [0.05, 0.1) is 0 Å². The van der Waals surface area contributed by atoms with Gasteiger partial charge >= 0.3 is 0 Å². The minimum absolute atomic E-state index is 0.643. The fraction of sp³-hybridized carbons (Fsp3) is 1.00. The van der Waals surface area contributed by atoms with Gasteiger partial charge in [-0.1, -0.05) is 40.5 Å². The van der Waals surface area contributed by atoms with Crippen LogP contribution in [0.1, 0.15) is 60.8 Å². The molecule has 0 saturated heterocycles. The van der Waals surface area contributed by atoms with Crippen LogP contribution in [0.25, 0.3) is 0 Å². The quantitative estimate of drug-likeness (QED) is 0.630. The molecule has 0 saturated carbocycles. The predicted octanol–water partition coefficient (Wildman–Crippen LogP) is 3.52. The Morgan fingerprint density at radius 3 is 1.94 bits per heavy atom. The highest BCUT2D eigenvalue weighted by molar-refractivity contribution is 4.73. The maximum atomic E-state index is 3.61. The predicted molar refractivity (Wildman–Crippen MR) is 78.5 cm³/mol. The van der Waals surface area contributed by atoms with Crippen molar-refractivity contribution in [1.82, 2.24) is 10.2 Å². The van der Waals surface area contributed by atoms with E-state index >= 15 is 0 Å². The van der Waals surface area contributed by atoms with Crippen molar-refractivity contribution in [2.24, 2.45) is 5.92 Å². The lowest BCUT2D eigenvalue weighted by Gasteiger charge is -2.32. The van der Waals surface area contributed by atoms with Crippen molar-refractivity contribution in [2.75, 3.05) is 19.6 Å². The monoisotopic (exact) mass is 242 g/mol. The second-order valence-electron chi connectivity index (χ2n) is 5.34. The van der Waals surface area contributed by atoms with Gasteiger partial charge in [-0.3, -0.25) is 4.90 Å². The van der Waals surface area contributed by atoms with Gasteiger partial charge in [-0.2, -0.15) is 0 Å². The molecular formula is C15H34N2. The molecule has 2 heteroatoms. The number of rotatable bonds is 10. The topological polar surface area (TPSA) is 15.3 Å². The van der Waals surface area contributed by atoms with E-state index < -0.39 is 0 Å². The van der Waals surface area contributed by atoms with Crippen LogP contribution >= 0.6 is 0 Å². The first-order valence-electron chi connectivity index (χ1n) is 7.56. The smallest absolute Gasteiger partial charge is 0.0192 e. The van der Waals surface area contributed by atoms with E-state index in [0.717, 1.165) is 12.5 Å². The van der Waals surface area contributed by atoms with Crippen molar-refractivity contribution in [2.45, 2.75) is 72.9 Å². The van der Waals surface area contributed by atoms with E-state index in [9.17, 15) is 0 Å². The summed E-state index contributed by atoms with van der Waals surface area (Å²) in [5.41, 5.74) is 0. The van der Waals surface area contributed by atoms with E-state index in [2.05, 4.69) is 51.8 Å². The summed E-state index contributed by atoms with van der Waals surface area (Å²) in [4.78, 5) is 2.62. The van der Waals surface area contributed by atoms with Gasteiger partial charge in [-0.05, 0) is 32.7 Å². The second-order valence-corrected chi connectivity index (χ2v) is 5.34. The molecule has 0 bridgehead atoms. The van der Waals surface area contributed by atoms with Gasteiger partial charge in [-0.25, -0.2) is 0 Å². The van der Waals surface area contributed by atoms with Crippen LogP contribution in [0, 0.1) is 5.92 Å². The molecule has 2 unspecified atom stereocenters. The standard InChI is InChI=1S/C15H34N2/c1-7-13(5)16-11-14(6)17(10-4)12-15(8-2)9-3/h13-16H,7-12H2,1-6H3. The molecule has 0 radical (unpaired) electrons. The lowest BCUT2D eigenvalue weighted by atomic mass is 10.0. The zero-order valence-corrected chi connectivity index (χ0v) is 12.9. The van der Waals surface area contributed by atoms with Crippen LogP contribution in [0.2, 0.25) is 0 Å². The Morgan fingerprint density at radius 1 is 0.941 bits per heavy atom. The summed E-state index contributed by atoms with van der Waals surface area (Å²) in [5, 5.41) is 3.61. The highest BCUT2D eigenvalue weighted by Gasteiger charge is 2.15. The lowest BCUT2D eigenvalue weighted by Crippen LogP contribution is -2.44. The van der Waals surface area contributed by atoms with Crippen molar-refractivity contribution in [3.05, 3.63) is 0 Å². The van der Waals surface area contributed by atoms with Crippen molar-refractivity contribution < 1.29 is 0 Å². The van der Waals surface area contributed by atoms with Crippen molar-refractivity contribution in [3.8, 4) is 0 Å². The average molecular weight is 242 g/mol. The van der Waals surface area contributed by atoms with Crippen LogP contribution in [-0.4, -0.2) is 36.6 Å². The Morgan fingerprint density at radius 2 is 1.53 bits per heavy atom. The minimum Gasteiger partial charge on any atom is -0.313 e. The lowest BCUT2D eigenvalue weighted by molar-refractivity contribution is 0.175. The number of nitrogens with one attached hydrogen (secondary N) is 1. The number of nitrogens with zero attached hydrogens (tertiary/aromatic N) is 1. The molecule has 0 aromatic heterocycles. The van der Waals surface area contributed by atoms with E-state index in [1.54, 1.807) is 0 Å². The Kier molecular flexibility index (Phi) is 9.85. The van der Waals surface area contributed by atoms with Gasteiger partial charge in [0.1, 0.15) is 0 Å². The molecule has 0 fully saturated rings. The van der Waals surface area contributed by atoms with Crippen molar-refractivity contribution >= 4 is 0 Å². The highest BCUT2D eigenvalue weighted by Crippen LogP contribution is 2.11. The van der Waals surface area contributed by atoms with Crippen LogP contribution in [0.15, 0.2) is 0 Å². The number of hydrogen-bond donors (Lipinski definition) is 1. The Bertz CT molecular complexity index is 166. The van der Waals surface area contributed by atoms with Gasteiger partial charge in [0.25, 0.3) is 0 Å². The first-order chi connectivity index (χ1) is 8.08. The zero-order valence-electron chi connectivity index (χ0n) is 12.9. The number of hydrogen-bond acceptors (Lipinski definition) is 2. The molecule has 0 rings (SSSR count). The third kappa shape index (κ3) is 7.05. The van der Waals surface area contributed by atoms with Crippen LogP contribution in [0.4, 0.5) is 0 Å². The minimum atomic E-state index is 0.643. The van der Waals surface area contributed by atoms with E-state index in [-0.39, 0.29) is 0 Å². The summed E-state index contributed by atoms with van der Waals surface area (Å²) in [6, 6.07) is 1.29. The van der Waals surface area contributed by atoms with E-state index in [0.29, 0.717) is 12.1 Å². The summed E-state index contributed by atoms with van der Waals surface area (Å²) in [6.45, 7) is 17.3. The molecule has 0 spiro atoms. The van der Waals surface area contributed by atoms with Gasteiger partial charge in [0.15, 0.2) is 0 Å². The molecule has 2 atom stereocenters. The summed E-state index contributed by atoms with van der Waals surface area (Å²) < 4.78 is 0. The summed E-state index contributed by atoms with van der Waals surface area (Å²) >= 11 is 0. The Hall–Kier alpha value is -0.0800.